The van der Waals surface area contributed by atoms with Crippen molar-refractivity contribution in [2.24, 2.45) is 0 Å². The Hall–Kier alpha value is -0.780. The first kappa shape index (κ1) is 13.3. The lowest BCUT2D eigenvalue weighted by Gasteiger charge is -2.34. The van der Waals surface area contributed by atoms with Crippen LogP contribution >= 0.6 is 0 Å². The molecular weight excluding hydrogens is 223 g/mol. The zero-order valence-corrected chi connectivity index (χ0v) is 9.38. The van der Waals surface area contributed by atoms with E-state index in [2.05, 4.69) is 0 Å². The highest BCUT2D eigenvalue weighted by molar-refractivity contribution is 5.81. The smallest absolute Gasteiger partial charge is 0.381 e. The molecule has 0 N–H and O–H groups in total. The third kappa shape index (κ3) is 3.10. The molecule has 1 aliphatic rings. The van der Waals surface area contributed by atoms with Gasteiger partial charge in [0.25, 0.3) is 0 Å². The minimum atomic E-state index is -4.77. The number of rotatable bonds is 2. The van der Waals surface area contributed by atoms with E-state index in [0.29, 0.717) is 25.7 Å². The molecule has 0 aromatic heterocycles. The number of halogens is 3. The van der Waals surface area contributed by atoms with Gasteiger partial charge in [-0.2, -0.15) is 13.2 Å². The predicted octanol–water partition coefficient (Wildman–Crippen LogP) is 1.96. The molecule has 0 heterocycles. The average molecular weight is 239 g/mol. The minimum absolute atomic E-state index is 0.116. The summed E-state index contributed by atoms with van der Waals surface area (Å²) in [7, 11) is 2.81. The molecule has 0 bridgehead atoms. The molecule has 1 aliphatic carbocycles. The number of amides is 1. The molecule has 6 heteroatoms. The Morgan fingerprint density at radius 1 is 1.25 bits per heavy atom. The molecule has 0 aliphatic heterocycles. The van der Waals surface area contributed by atoms with Crippen LogP contribution < -0.4 is 0 Å². The van der Waals surface area contributed by atoms with E-state index in [1.165, 1.54) is 7.05 Å². The van der Waals surface area contributed by atoms with Gasteiger partial charge in [0.15, 0.2) is 0 Å². The summed E-state index contributed by atoms with van der Waals surface area (Å²) in [5, 5.41) is 0. The number of hydrogen-bond acceptors (Lipinski definition) is 2. The van der Waals surface area contributed by atoms with Crippen molar-refractivity contribution in [2.75, 3.05) is 14.2 Å². The van der Waals surface area contributed by atoms with Gasteiger partial charge in [0.2, 0.25) is 0 Å². The molecule has 94 valence electrons. The Labute approximate surface area is 92.5 Å². The number of nitrogens with zero attached hydrogens (tertiary/aromatic N) is 1. The molecule has 0 spiro atoms. The van der Waals surface area contributed by atoms with Crippen LogP contribution in [0.5, 0.6) is 0 Å². The second-order valence-electron chi connectivity index (χ2n) is 4.08. The maximum Gasteiger partial charge on any atom is 0.471 e. The van der Waals surface area contributed by atoms with Gasteiger partial charge in [-0.25, -0.2) is 0 Å². The van der Waals surface area contributed by atoms with E-state index < -0.39 is 12.1 Å². The van der Waals surface area contributed by atoms with Gasteiger partial charge in [0, 0.05) is 20.2 Å². The van der Waals surface area contributed by atoms with E-state index in [1.807, 2.05) is 0 Å². The summed E-state index contributed by atoms with van der Waals surface area (Å²) < 4.78 is 41.7. The summed E-state index contributed by atoms with van der Waals surface area (Å²) in [6.45, 7) is 0. The summed E-state index contributed by atoms with van der Waals surface area (Å²) in [5.41, 5.74) is 0. The molecule has 1 amide bonds. The Balaban J connectivity index is 2.50. The number of hydrogen-bond donors (Lipinski definition) is 0. The molecule has 0 atom stereocenters. The van der Waals surface area contributed by atoms with Gasteiger partial charge in [0.05, 0.1) is 6.10 Å². The molecule has 0 saturated heterocycles. The predicted molar refractivity (Wildman–Crippen MR) is 51.9 cm³/mol. The SMILES string of the molecule is COC1CCC(N(C)C(=O)C(F)(F)F)CC1. The van der Waals surface area contributed by atoms with Gasteiger partial charge >= 0.3 is 12.1 Å². The fraction of sp³-hybridized carbons (Fsp3) is 0.900. The first-order chi connectivity index (χ1) is 7.36. The molecular formula is C10H16F3NO2. The second-order valence-corrected chi connectivity index (χ2v) is 4.08. The highest BCUT2D eigenvalue weighted by atomic mass is 19.4. The fourth-order valence-electron chi connectivity index (χ4n) is 2.03. The summed E-state index contributed by atoms with van der Waals surface area (Å²) in [6, 6.07) is -0.319. The third-order valence-corrected chi connectivity index (χ3v) is 3.09. The minimum Gasteiger partial charge on any atom is -0.381 e. The van der Waals surface area contributed by atoms with Crippen LogP contribution in [0.3, 0.4) is 0 Å². The highest BCUT2D eigenvalue weighted by Gasteiger charge is 2.43. The Morgan fingerprint density at radius 3 is 2.12 bits per heavy atom. The largest absolute Gasteiger partial charge is 0.471 e. The van der Waals surface area contributed by atoms with E-state index in [0.717, 1.165) is 4.90 Å². The van der Waals surface area contributed by atoms with Gasteiger partial charge < -0.3 is 9.64 Å². The van der Waals surface area contributed by atoms with Crippen LogP contribution in [0.25, 0.3) is 0 Å². The quantitative estimate of drug-likeness (QED) is 0.737. The van der Waals surface area contributed by atoms with Crippen LogP contribution in [0.15, 0.2) is 0 Å². The first-order valence-electron chi connectivity index (χ1n) is 5.23. The number of ether oxygens (including phenoxy) is 1. The Kier molecular flexibility index (Phi) is 4.18. The van der Waals surface area contributed by atoms with Crippen LogP contribution in [0, 0.1) is 0 Å². The Bertz CT molecular complexity index is 247. The summed E-state index contributed by atoms with van der Waals surface area (Å²) >= 11 is 0. The van der Waals surface area contributed by atoms with E-state index in [1.54, 1.807) is 7.11 Å². The van der Waals surface area contributed by atoms with Crippen LogP contribution in [-0.2, 0) is 9.53 Å². The van der Waals surface area contributed by atoms with Crippen LogP contribution in [0.2, 0.25) is 0 Å². The lowest BCUT2D eigenvalue weighted by molar-refractivity contribution is -0.187. The number of carbonyl (C=O) groups excluding carboxylic acids is 1. The fourth-order valence-corrected chi connectivity index (χ4v) is 2.03. The maximum absolute atomic E-state index is 12.2. The van der Waals surface area contributed by atoms with Crippen molar-refractivity contribution in [1.29, 1.82) is 0 Å². The molecule has 1 rings (SSSR count). The maximum atomic E-state index is 12.2. The van der Waals surface area contributed by atoms with E-state index >= 15 is 0 Å². The van der Waals surface area contributed by atoms with Gasteiger partial charge in [-0.3, -0.25) is 4.79 Å². The summed E-state index contributed by atoms with van der Waals surface area (Å²) in [5.74, 6) is -1.76. The van der Waals surface area contributed by atoms with Crippen LogP contribution in [0.4, 0.5) is 13.2 Å². The van der Waals surface area contributed by atoms with Crippen LogP contribution in [-0.4, -0.2) is 43.3 Å². The molecule has 1 saturated carbocycles. The molecule has 0 aromatic rings. The topological polar surface area (TPSA) is 29.5 Å². The second kappa shape index (κ2) is 5.03. The molecule has 0 aromatic carbocycles. The van der Waals surface area contributed by atoms with E-state index in [4.69, 9.17) is 4.74 Å². The summed E-state index contributed by atoms with van der Waals surface area (Å²) in [4.78, 5) is 11.8. The van der Waals surface area contributed by atoms with Crippen molar-refractivity contribution < 1.29 is 22.7 Å². The van der Waals surface area contributed by atoms with Crippen LogP contribution in [0.1, 0.15) is 25.7 Å². The third-order valence-electron chi connectivity index (χ3n) is 3.09. The summed E-state index contributed by atoms with van der Waals surface area (Å²) in [6.07, 6.45) is -2.11. The highest BCUT2D eigenvalue weighted by Crippen LogP contribution is 2.27. The van der Waals surface area contributed by atoms with Crippen molar-refractivity contribution in [3.8, 4) is 0 Å². The zero-order valence-electron chi connectivity index (χ0n) is 9.38. The zero-order chi connectivity index (χ0) is 12.3. The van der Waals surface area contributed by atoms with Crippen molar-refractivity contribution >= 4 is 5.91 Å². The van der Waals surface area contributed by atoms with Gasteiger partial charge in [-0.1, -0.05) is 0 Å². The van der Waals surface area contributed by atoms with Gasteiger partial charge in [-0.05, 0) is 25.7 Å². The van der Waals surface area contributed by atoms with Gasteiger partial charge in [0.1, 0.15) is 0 Å². The van der Waals surface area contributed by atoms with E-state index in [9.17, 15) is 18.0 Å². The monoisotopic (exact) mass is 239 g/mol. The van der Waals surface area contributed by atoms with Crippen molar-refractivity contribution in [3.63, 3.8) is 0 Å². The number of methoxy groups -OCH3 is 1. The van der Waals surface area contributed by atoms with Crippen molar-refractivity contribution in [3.05, 3.63) is 0 Å². The first-order valence-corrected chi connectivity index (χ1v) is 5.23. The molecule has 0 unspecified atom stereocenters. The molecule has 16 heavy (non-hydrogen) atoms. The standard InChI is InChI=1S/C10H16F3NO2/c1-14(9(15)10(11,12)13)7-3-5-8(16-2)6-4-7/h7-8H,3-6H2,1-2H3. The molecule has 0 radical (unpaired) electrons. The lowest BCUT2D eigenvalue weighted by Crippen LogP contribution is -2.46. The average Bonchev–Trinajstić information content (AvgIpc) is 2.26. The normalized spacial score (nSPS) is 26.6. The lowest BCUT2D eigenvalue weighted by atomic mass is 9.92. The molecule has 1 fully saturated rings. The van der Waals surface area contributed by atoms with Crippen molar-refractivity contribution in [2.45, 2.75) is 44.0 Å². The number of carbonyl (C=O) groups is 1. The van der Waals surface area contributed by atoms with E-state index in [-0.39, 0.29) is 12.1 Å². The van der Waals surface area contributed by atoms with Crippen molar-refractivity contribution in [1.82, 2.24) is 4.90 Å². The molecule has 3 nitrogen and oxygen atoms in total. The van der Waals surface area contributed by atoms with Gasteiger partial charge in [-0.15, -0.1) is 0 Å². The Morgan fingerprint density at radius 2 is 1.75 bits per heavy atom. The number of alkyl halides is 3.